The summed E-state index contributed by atoms with van der Waals surface area (Å²) in [5, 5.41) is 3.05. The Morgan fingerprint density at radius 1 is 1.69 bits per heavy atom. The van der Waals surface area contributed by atoms with Crippen LogP contribution in [-0.4, -0.2) is 24.2 Å². The molecule has 0 spiro atoms. The molecule has 0 radical (unpaired) electrons. The second-order valence-corrected chi connectivity index (χ2v) is 3.96. The van der Waals surface area contributed by atoms with Crippen LogP contribution in [0.4, 0.5) is 0 Å². The quantitative estimate of drug-likeness (QED) is 0.782. The Bertz CT molecular complexity index is 222. The Balaban J connectivity index is 2.44. The molecule has 0 aromatic carbocycles. The lowest BCUT2D eigenvalue weighted by atomic mass is 10.1. The maximum absolute atomic E-state index is 5.97. The monoisotopic (exact) mass is 200 g/mol. The van der Waals surface area contributed by atoms with E-state index in [1.165, 1.54) is 0 Å². The third-order valence-corrected chi connectivity index (χ3v) is 2.88. The summed E-state index contributed by atoms with van der Waals surface area (Å²) in [4.78, 5) is 4.19. The fourth-order valence-corrected chi connectivity index (χ4v) is 2.02. The van der Waals surface area contributed by atoms with Crippen LogP contribution in [0.25, 0.3) is 0 Å². The molecule has 74 valence electrons. The molecule has 3 nitrogen and oxygen atoms in total. The van der Waals surface area contributed by atoms with Gasteiger partial charge in [0, 0.05) is 31.1 Å². The van der Waals surface area contributed by atoms with Crippen LogP contribution in [0.1, 0.15) is 18.4 Å². The van der Waals surface area contributed by atoms with Crippen molar-refractivity contribution in [2.75, 3.05) is 7.11 Å². The summed E-state index contributed by atoms with van der Waals surface area (Å²) in [6.45, 7) is 2.08. The second-order valence-electron chi connectivity index (χ2n) is 2.98. The Morgan fingerprint density at radius 2 is 2.46 bits per heavy atom. The molecule has 2 unspecified atom stereocenters. The van der Waals surface area contributed by atoms with Crippen molar-refractivity contribution in [2.45, 2.75) is 31.9 Å². The molecule has 0 aliphatic heterocycles. The van der Waals surface area contributed by atoms with Crippen molar-refractivity contribution in [3.05, 3.63) is 16.6 Å². The predicted octanol–water partition coefficient (Wildman–Crippen LogP) is 1.44. The summed E-state index contributed by atoms with van der Waals surface area (Å²) >= 11 is 1.64. The van der Waals surface area contributed by atoms with Gasteiger partial charge in [-0.05, 0) is 6.42 Å². The molecule has 2 atom stereocenters. The maximum Gasteiger partial charge on any atom is 0.0941 e. The van der Waals surface area contributed by atoms with Crippen molar-refractivity contribution in [1.82, 2.24) is 4.98 Å². The highest BCUT2D eigenvalue weighted by Gasteiger charge is 2.16. The third-order valence-electron chi connectivity index (χ3n) is 2.08. The van der Waals surface area contributed by atoms with Crippen LogP contribution in [0.15, 0.2) is 11.6 Å². The fourth-order valence-electron chi connectivity index (χ4n) is 1.33. The molecule has 4 heteroatoms. The van der Waals surface area contributed by atoms with Gasteiger partial charge < -0.3 is 10.5 Å². The van der Waals surface area contributed by atoms with Gasteiger partial charge in [-0.2, -0.15) is 0 Å². The van der Waals surface area contributed by atoms with Gasteiger partial charge in [0.2, 0.25) is 0 Å². The molecule has 0 saturated heterocycles. The lowest BCUT2D eigenvalue weighted by Crippen LogP contribution is -2.37. The number of methoxy groups -OCH3 is 1. The van der Waals surface area contributed by atoms with Gasteiger partial charge in [-0.1, -0.05) is 6.92 Å². The number of nitrogens with two attached hydrogens (primary N) is 1. The fraction of sp³-hybridized carbons (Fsp3) is 0.667. The minimum absolute atomic E-state index is 0.0566. The summed E-state index contributed by atoms with van der Waals surface area (Å²) in [6.07, 6.45) is 3.71. The number of nitrogens with zero attached hydrogens (tertiary/aromatic N) is 1. The maximum atomic E-state index is 5.97. The van der Waals surface area contributed by atoms with Crippen LogP contribution in [0.5, 0.6) is 0 Å². The number of ether oxygens (including phenoxy) is 1. The normalized spacial score (nSPS) is 15.6. The molecule has 0 aliphatic rings. The molecule has 0 saturated carbocycles. The molecule has 2 N–H and O–H groups in total. The van der Waals surface area contributed by atoms with Gasteiger partial charge in [-0.15, -0.1) is 11.3 Å². The van der Waals surface area contributed by atoms with Gasteiger partial charge in [0.1, 0.15) is 0 Å². The van der Waals surface area contributed by atoms with Gasteiger partial charge in [-0.25, -0.2) is 4.98 Å². The summed E-state index contributed by atoms with van der Waals surface area (Å²) < 4.78 is 5.26. The van der Waals surface area contributed by atoms with Crippen LogP contribution in [0.2, 0.25) is 0 Å². The molecule has 0 fully saturated rings. The Hall–Kier alpha value is -0.450. The van der Waals surface area contributed by atoms with Gasteiger partial charge in [0.25, 0.3) is 0 Å². The minimum Gasteiger partial charge on any atom is -0.380 e. The molecule has 13 heavy (non-hydrogen) atoms. The van der Waals surface area contributed by atoms with Crippen molar-refractivity contribution in [2.24, 2.45) is 5.73 Å². The highest BCUT2D eigenvalue weighted by molar-refractivity contribution is 7.09. The second kappa shape index (κ2) is 5.32. The first-order valence-corrected chi connectivity index (χ1v) is 5.32. The first kappa shape index (κ1) is 10.6. The third kappa shape index (κ3) is 3.06. The van der Waals surface area contributed by atoms with E-state index in [1.54, 1.807) is 24.6 Å². The van der Waals surface area contributed by atoms with E-state index in [1.807, 2.05) is 5.38 Å². The van der Waals surface area contributed by atoms with Crippen LogP contribution in [0.3, 0.4) is 0 Å². The molecular weight excluding hydrogens is 184 g/mol. The zero-order valence-electron chi connectivity index (χ0n) is 8.06. The summed E-state index contributed by atoms with van der Waals surface area (Å²) in [6, 6.07) is 0.0566. The van der Waals surface area contributed by atoms with Gasteiger partial charge in [0.15, 0.2) is 0 Å². The van der Waals surface area contributed by atoms with Gasteiger partial charge in [-0.3, -0.25) is 0 Å². The van der Waals surface area contributed by atoms with E-state index in [-0.39, 0.29) is 12.1 Å². The Morgan fingerprint density at radius 3 is 2.92 bits per heavy atom. The number of aromatic nitrogens is 1. The van der Waals surface area contributed by atoms with Crippen molar-refractivity contribution in [1.29, 1.82) is 0 Å². The average molecular weight is 200 g/mol. The van der Waals surface area contributed by atoms with Crippen LogP contribution in [-0.2, 0) is 11.2 Å². The molecule has 1 rings (SSSR count). The van der Waals surface area contributed by atoms with Crippen molar-refractivity contribution in [3.8, 4) is 0 Å². The van der Waals surface area contributed by atoms with E-state index in [4.69, 9.17) is 10.5 Å². The number of hydrogen-bond donors (Lipinski definition) is 1. The van der Waals surface area contributed by atoms with Gasteiger partial charge in [0.05, 0.1) is 11.1 Å². The smallest absolute Gasteiger partial charge is 0.0941 e. The summed E-state index contributed by atoms with van der Waals surface area (Å²) in [7, 11) is 1.70. The molecule has 1 aromatic rings. The molecule has 0 bridgehead atoms. The standard InChI is InChI=1S/C9H16N2OS/c1-3-8(12-2)7(10)6-9-11-4-5-13-9/h4-5,7-8H,3,6,10H2,1-2H3. The van der Waals surface area contributed by atoms with E-state index < -0.39 is 0 Å². The van der Waals surface area contributed by atoms with E-state index in [0.717, 1.165) is 17.8 Å². The van der Waals surface area contributed by atoms with Gasteiger partial charge >= 0.3 is 0 Å². The number of hydrogen-bond acceptors (Lipinski definition) is 4. The van der Waals surface area contributed by atoms with Crippen LogP contribution < -0.4 is 5.73 Å². The molecule has 0 amide bonds. The van der Waals surface area contributed by atoms with Crippen molar-refractivity contribution in [3.63, 3.8) is 0 Å². The van der Waals surface area contributed by atoms with E-state index in [9.17, 15) is 0 Å². The number of thiazole rings is 1. The largest absolute Gasteiger partial charge is 0.380 e. The minimum atomic E-state index is 0.0566. The molecular formula is C9H16N2OS. The van der Waals surface area contributed by atoms with Crippen LogP contribution in [0, 0.1) is 0 Å². The Labute approximate surface area is 82.9 Å². The average Bonchev–Trinajstić information content (AvgIpc) is 2.59. The van der Waals surface area contributed by atoms with Crippen LogP contribution >= 0.6 is 11.3 Å². The lowest BCUT2D eigenvalue weighted by Gasteiger charge is -2.19. The molecule has 0 aliphatic carbocycles. The first-order chi connectivity index (χ1) is 6.27. The predicted molar refractivity (Wildman–Crippen MR) is 54.9 cm³/mol. The van der Waals surface area contributed by atoms with E-state index in [0.29, 0.717) is 0 Å². The van der Waals surface area contributed by atoms with E-state index >= 15 is 0 Å². The summed E-state index contributed by atoms with van der Waals surface area (Å²) in [5.74, 6) is 0. The molecule has 1 heterocycles. The highest BCUT2D eigenvalue weighted by atomic mass is 32.1. The molecule has 1 aromatic heterocycles. The SMILES string of the molecule is CCC(OC)C(N)Cc1nccs1. The first-order valence-electron chi connectivity index (χ1n) is 4.44. The summed E-state index contributed by atoms with van der Waals surface area (Å²) in [5.41, 5.74) is 5.97. The van der Waals surface area contributed by atoms with Crippen molar-refractivity contribution >= 4 is 11.3 Å². The van der Waals surface area contributed by atoms with E-state index in [2.05, 4.69) is 11.9 Å². The zero-order chi connectivity index (χ0) is 9.68. The Kier molecular flexibility index (Phi) is 4.35. The lowest BCUT2D eigenvalue weighted by molar-refractivity contribution is 0.0773. The zero-order valence-corrected chi connectivity index (χ0v) is 8.88. The number of rotatable bonds is 5. The highest BCUT2D eigenvalue weighted by Crippen LogP contribution is 2.10. The van der Waals surface area contributed by atoms with Crippen molar-refractivity contribution < 1.29 is 4.74 Å². The topological polar surface area (TPSA) is 48.1 Å².